The van der Waals surface area contributed by atoms with Crippen LogP contribution in [0.4, 0.5) is 8.78 Å². The van der Waals surface area contributed by atoms with Crippen LogP contribution in [0.3, 0.4) is 0 Å². The molecule has 0 radical (unpaired) electrons. The molecule has 1 aromatic heterocycles. The molecule has 3 aliphatic rings. The molecule has 0 amide bonds. The fourth-order valence-corrected chi connectivity index (χ4v) is 8.21. The Morgan fingerprint density at radius 2 is 1.78 bits per heavy atom. The zero-order valence-electron chi connectivity index (χ0n) is 30.0. The molecule has 2 fully saturated rings. The lowest BCUT2D eigenvalue weighted by molar-refractivity contribution is -0.0554. The van der Waals surface area contributed by atoms with Crippen LogP contribution in [0.1, 0.15) is 78.9 Å². The highest BCUT2D eigenvalue weighted by Gasteiger charge is 2.34. The highest BCUT2D eigenvalue weighted by Crippen LogP contribution is 2.45. The summed E-state index contributed by atoms with van der Waals surface area (Å²) >= 11 is 13.9. The van der Waals surface area contributed by atoms with Crippen molar-refractivity contribution < 1.29 is 28.1 Å². The van der Waals surface area contributed by atoms with Crippen LogP contribution in [0.5, 0.6) is 17.2 Å². The molecular formula is C42H44Cl2F2N4O4. The van der Waals surface area contributed by atoms with Crippen molar-refractivity contribution in [3.05, 3.63) is 105 Å². The lowest BCUT2D eigenvalue weighted by Crippen LogP contribution is -2.40. The number of nitriles is 1. The molecule has 1 saturated carbocycles. The van der Waals surface area contributed by atoms with Gasteiger partial charge >= 0.3 is 0 Å². The first-order valence-corrected chi connectivity index (χ1v) is 19.4. The van der Waals surface area contributed by atoms with Crippen LogP contribution in [0.2, 0.25) is 10.0 Å². The van der Waals surface area contributed by atoms with Gasteiger partial charge < -0.3 is 29.5 Å². The van der Waals surface area contributed by atoms with Gasteiger partial charge in [-0.2, -0.15) is 5.26 Å². The average molecular weight is 778 g/mol. The van der Waals surface area contributed by atoms with E-state index in [2.05, 4.69) is 33.4 Å². The van der Waals surface area contributed by atoms with Crippen molar-refractivity contribution in [1.29, 1.82) is 5.26 Å². The molecule has 0 bridgehead atoms. The number of nitrogens with zero attached hydrogens (tertiary/aromatic N) is 3. The quantitative estimate of drug-likeness (QED) is 0.123. The number of halogens is 4. The number of hydrogen-bond donors (Lipinski definition) is 2. The van der Waals surface area contributed by atoms with Crippen LogP contribution in [0.25, 0.3) is 11.1 Å². The number of pyridine rings is 1. The van der Waals surface area contributed by atoms with Crippen molar-refractivity contribution in [2.45, 2.75) is 88.7 Å². The number of benzene rings is 3. The van der Waals surface area contributed by atoms with Crippen molar-refractivity contribution >= 4 is 23.2 Å². The smallest absolute Gasteiger partial charge is 0.250 e. The zero-order chi connectivity index (χ0) is 37.7. The summed E-state index contributed by atoms with van der Waals surface area (Å²) < 4.78 is 46.1. The second-order valence-corrected chi connectivity index (χ2v) is 15.2. The first-order chi connectivity index (χ1) is 26.2. The number of rotatable bonds is 14. The average Bonchev–Trinajstić information content (AvgIpc) is 3.79. The van der Waals surface area contributed by atoms with Crippen LogP contribution < -0.4 is 19.5 Å². The molecular weight excluding hydrogens is 733 g/mol. The van der Waals surface area contributed by atoms with E-state index in [1.54, 1.807) is 12.3 Å². The van der Waals surface area contributed by atoms with Gasteiger partial charge in [0.25, 0.3) is 5.92 Å². The number of likely N-dealkylation sites (tertiary alicyclic amines) is 1. The Bertz CT molecular complexity index is 1980. The lowest BCUT2D eigenvalue weighted by atomic mass is 9.96. The highest BCUT2D eigenvalue weighted by molar-refractivity contribution is 6.35. The Balaban J connectivity index is 1.06. The molecule has 1 aliphatic heterocycles. The number of aliphatic hydroxyl groups is 1. The minimum Gasteiger partial charge on any atom is -0.492 e. The predicted molar refractivity (Wildman–Crippen MR) is 205 cm³/mol. The largest absolute Gasteiger partial charge is 0.492 e. The Morgan fingerprint density at radius 3 is 2.57 bits per heavy atom. The maximum absolute atomic E-state index is 13.5. The van der Waals surface area contributed by atoms with Crippen LogP contribution in [-0.2, 0) is 19.6 Å². The van der Waals surface area contributed by atoms with Gasteiger partial charge in [0.15, 0.2) is 0 Å². The van der Waals surface area contributed by atoms with E-state index in [1.165, 1.54) is 6.20 Å². The fourth-order valence-electron chi connectivity index (χ4n) is 7.70. The van der Waals surface area contributed by atoms with E-state index in [1.807, 2.05) is 36.4 Å². The van der Waals surface area contributed by atoms with Gasteiger partial charge in [-0.1, -0.05) is 53.5 Å². The molecule has 4 aromatic rings. The molecule has 54 heavy (non-hydrogen) atoms. The van der Waals surface area contributed by atoms with Gasteiger partial charge in [-0.15, -0.1) is 0 Å². The standard InChI is InChI=1S/C42H44Cl2F2N4O4/c43-34-20-29(25-49-35-8-3-9-36(35)51)39(53-26-28-19-27(22-47)23-48-24-28)21-40(34)54-37-12-11-31-30(5-1-6-32(31)37)33-7-2-10-38(41(33)44)52-18-4-15-50-16-13-42(45,46)14-17-50/h1-2,5-7,10,19-21,23-24,35-37,49,51H,3-4,8-9,11-18,25-26H2/t35-,36-,37+/m1/s1. The third-order valence-electron chi connectivity index (χ3n) is 10.7. The monoisotopic (exact) mass is 776 g/mol. The second-order valence-electron chi connectivity index (χ2n) is 14.4. The van der Waals surface area contributed by atoms with Crippen molar-refractivity contribution in [2.75, 3.05) is 26.2 Å². The molecule has 12 heteroatoms. The lowest BCUT2D eigenvalue weighted by Gasteiger charge is -2.31. The van der Waals surface area contributed by atoms with E-state index in [4.69, 9.17) is 37.4 Å². The molecule has 3 aromatic carbocycles. The van der Waals surface area contributed by atoms with Gasteiger partial charge in [0.2, 0.25) is 0 Å². The molecule has 0 spiro atoms. The van der Waals surface area contributed by atoms with Gasteiger partial charge in [0.1, 0.15) is 36.0 Å². The number of hydrogen-bond acceptors (Lipinski definition) is 8. The fraction of sp³-hybridized carbons (Fsp3) is 0.429. The molecule has 3 atom stereocenters. The van der Waals surface area contributed by atoms with Crippen molar-refractivity contribution in [1.82, 2.24) is 15.2 Å². The van der Waals surface area contributed by atoms with E-state index in [0.717, 1.165) is 65.5 Å². The number of aliphatic hydroxyl groups excluding tert-OH is 1. The molecule has 2 N–H and O–H groups in total. The Labute approximate surface area is 325 Å². The molecule has 1 saturated heterocycles. The molecule has 0 unspecified atom stereocenters. The van der Waals surface area contributed by atoms with Crippen LogP contribution in [-0.4, -0.2) is 59.3 Å². The molecule has 8 nitrogen and oxygen atoms in total. The first-order valence-electron chi connectivity index (χ1n) is 18.7. The second kappa shape index (κ2) is 17.2. The number of piperidine rings is 1. The van der Waals surface area contributed by atoms with Crippen molar-refractivity contribution in [3.63, 3.8) is 0 Å². The van der Waals surface area contributed by atoms with Gasteiger partial charge in [-0.05, 0) is 73.4 Å². The summed E-state index contributed by atoms with van der Waals surface area (Å²) in [6.07, 6.45) is 7.25. The minimum atomic E-state index is -2.55. The summed E-state index contributed by atoms with van der Waals surface area (Å²) in [5, 5.41) is 24.2. The number of nitrogens with one attached hydrogen (secondary N) is 1. The summed E-state index contributed by atoms with van der Waals surface area (Å²) in [5.41, 5.74) is 6.14. The van der Waals surface area contributed by atoms with Crippen LogP contribution in [0, 0.1) is 11.3 Å². The van der Waals surface area contributed by atoms with Crippen molar-refractivity contribution in [3.8, 4) is 34.4 Å². The molecule has 2 heterocycles. The van der Waals surface area contributed by atoms with Crippen molar-refractivity contribution in [2.24, 2.45) is 0 Å². The van der Waals surface area contributed by atoms with E-state index in [9.17, 15) is 19.1 Å². The van der Waals surface area contributed by atoms with Gasteiger partial charge in [0.05, 0.1) is 28.3 Å². The SMILES string of the molecule is N#Cc1cncc(COc2cc(O[C@H]3CCc4c(-c5cccc(OCCCN6CCC(F)(F)CC6)c5Cl)cccc43)c(Cl)cc2CN[C@@H]2CCC[C@H]2O)c1. The highest BCUT2D eigenvalue weighted by atomic mass is 35.5. The summed E-state index contributed by atoms with van der Waals surface area (Å²) in [7, 11) is 0. The minimum absolute atomic E-state index is 0.000964. The summed E-state index contributed by atoms with van der Waals surface area (Å²) in [6.45, 7) is 2.59. The topological polar surface area (TPSA) is 99.9 Å². The third kappa shape index (κ3) is 9.10. The zero-order valence-corrected chi connectivity index (χ0v) is 31.5. The van der Waals surface area contributed by atoms with Gasteiger partial charge in [-0.3, -0.25) is 4.98 Å². The van der Waals surface area contributed by atoms with Crippen LogP contribution in [0.15, 0.2) is 67.0 Å². The molecule has 7 rings (SSSR count). The van der Waals surface area contributed by atoms with E-state index >= 15 is 0 Å². The van der Waals surface area contributed by atoms with E-state index < -0.39 is 5.92 Å². The number of aromatic nitrogens is 1. The number of alkyl halides is 2. The van der Waals surface area contributed by atoms with E-state index in [-0.39, 0.29) is 37.7 Å². The summed E-state index contributed by atoms with van der Waals surface area (Å²) in [4.78, 5) is 6.22. The Kier molecular flexibility index (Phi) is 12.2. The van der Waals surface area contributed by atoms with Crippen LogP contribution >= 0.6 is 23.2 Å². The predicted octanol–water partition coefficient (Wildman–Crippen LogP) is 9.08. The number of fused-ring (bicyclic) bond motifs is 1. The Morgan fingerprint density at radius 1 is 0.963 bits per heavy atom. The normalized spacial score (nSPS) is 20.7. The van der Waals surface area contributed by atoms with Gasteiger partial charge in [0, 0.05) is 80.2 Å². The van der Waals surface area contributed by atoms with Gasteiger partial charge in [-0.25, -0.2) is 8.78 Å². The maximum Gasteiger partial charge on any atom is 0.250 e. The number of ether oxygens (including phenoxy) is 3. The molecule has 284 valence electrons. The first kappa shape index (κ1) is 38.3. The molecule has 2 aliphatic carbocycles. The Hall–Kier alpha value is -3.98. The van der Waals surface area contributed by atoms with E-state index in [0.29, 0.717) is 72.1 Å². The maximum atomic E-state index is 13.5. The summed E-state index contributed by atoms with van der Waals surface area (Å²) in [5.74, 6) is -0.874. The summed E-state index contributed by atoms with van der Waals surface area (Å²) in [6, 6.07) is 19.5. The third-order valence-corrected chi connectivity index (χ3v) is 11.4.